The van der Waals surface area contributed by atoms with Crippen LogP contribution in [0.3, 0.4) is 0 Å². The van der Waals surface area contributed by atoms with Crippen molar-refractivity contribution in [1.82, 2.24) is 4.90 Å². The number of carbonyl (C=O) groups excluding carboxylic acids is 2. The molecule has 3 aliphatic heterocycles. The molecule has 3 aliphatic rings. The summed E-state index contributed by atoms with van der Waals surface area (Å²) in [6.07, 6.45) is -4.25. The number of hydrogen-bond acceptors (Lipinski definition) is 5. The second-order valence-electron chi connectivity index (χ2n) is 8.31. The van der Waals surface area contributed by atoms with Gasteiger partial charge in [0.15, 0.2) is 0 Å². The number of carbonyl (C=O) groups is 2. The molecule has 2 aromatic carbocycles. The number of rotatable bonds is 4. The Hall–Kier alpha value is -2.72. The van der Waals surface area contributed by atoms with E-state index >= 15 is 0 Å². The smallest absolute Gasteiger partial charge is 0.406 e. The number of benzene rings is 2. The first-order valence-electron chi connectivity index (χ1n) is 10.7. The zero-order valence-corrected chi connectivity index (χ0v) is 18.6. The SMILES string of the molecule is CCN1C(=O)C2(c3ccccc31)C(C(=O)Nc1ccc(OC(F)(F)F)cc1)CC1CSCN12. The van der Waals surface area contributed by atoms with Gasteiger partial charge in [-0.05, 0) is 43.7 Å². The van der Waals surface area contributed by atoms with Crippen LogP contribution in [0.2, 0.25) is 0 Å². The van der Waals surface area contributed by atoms with Gasteiger partial charge in [-0.2, -0.15) is 0 Å². The fourth-order valence-corrected chi connectivity index (χ4v) is 6.67. The van der Waals surface area contributed by atoms with E-state index in [1.165, 1.54) is 12.1 Å². The monoisotopic (exact) mass is 477 g/mol. The maximum atomic E-state index is 13.9. The van der Waals surface area contributed by atoms with E-state index in [0.717, 1.165) is 29.1 Å². The molecule has 0 saturated carbocycles. The predicted octanol–water partition coefficient (Wildman–Crippen LogP) is 4.18. The van der Waals surface area contributed by atoms with Crippen molar-refractivity contribution in [3.8, 4) is 5.75 Å². The van der Waals surface area contributed by atoms with E-state index in [4.69, 9.17) is 0 Å². The maximum absolute atomic E-state index is 13.9. The number of likely N-dealkylation sites (N-methyl/N-ethyl adjacent to an activating group) is 1. The molecule has 2 aromatic rings. The number of hydrogen-bond donors (Lipinski definition) is 1. The molecule has 0 bridgehead atoms. The zero-order chi connectivity index (χ0) is 23.4. The van der Waals surface area contributed by atoms with E-state index in [-0.39, 0.29) is 23.6 Å². The summed E-state index contributed by atoms with van der Waals surface area (Å²) in [5, 5.41) is 2.82. The van der Waals surface area contributed by atoms with Crippen molar-refractivity contribution in [2.75, 3.05) is 28.4 Å². The molecule has 3 heterocycles. The normalized spacial score (nSPS) is 26.5. The molecule has 6 nitrogen and oxygen atoms in total. The van der Waals surface area contributed by atoms with Crippen molar-refractivity contribution in [3.05, 3.63) is 54.1 Å². The Bertz CT molecular complexity index is 1090. The molecule has 3 atom stereocenters. The lowest BCUT2D eigenvalue weighted by Gasteiger charge is -2.36. The standard InChI is InChI=1S/C23H22F3N3O3S/c1-2-28-19-6-4-3-5-17(19)22(21(28)31)18(11-15-12-33-13-29(15)22)20(30)27-14-7-9-16(10-8-14)32-23(24,25)26/h3-10,15,18H,2,11-13H2,1H3,(H,27,30). The number of nitrogens with one attached hydrogen (secondary N) is 1. The molecule has 2 fully saturated rings. The van der Waals surface area contributed by atoms with Gasteiger partial charge >= 0.3 is 6.36 Å². The number of thioether (sulfide) groups is 1. The molecule has 0 radical (unpaired) electrons. The number of alkyl halides is 3. The van der Waals surface area contributed by atoms with E-state index < -0.39 is 17.8 Å². The fourth-order valence-electron chi connectivity index (χ4n) is 5.37. The highest BCUT2D eigenvalue weighted by Gasteiger charge is 2.67. The molecule has 0 aliphatic carbocycles. The van der Waals surface area contributed by atoms with Gasteiger partial charge in [-0.25, -0.2) is 0 Å². The maximum Gasteiger partial charge on any atom is 0.573 e. The molecule has 174 valence electrons. The Morgan fingerprint density at radius 1 is 1.21 bits per heavy atom. The van der Waals surface area contributed by atoms with E-state index in [1.54, 1.807) is 16.7 Å². The third kappa shape index (κ3) is 3.47. The molecule has 1 N–H and O–H groups in total. The van der Waals surface area contributed by atoms with Gasteiger partial charge in [0.25, 0.3) is 5.91 Å². The van der Waals surface area contributed by atoms with Gasteiger partial charge < -0.3 is 15.0 Å². The van der Waals surface area contributed by atoms with Crippen LogP contribution in [-0.2, 0) is 15.1 Å². The second-order valence-corrected chi connectivity index (χ2v) is 9.31. The Morgan fingerprint density at radius 3 is 2.64 bits per heavy atom. The van der Waals surface area contributed by atoms with Crippen LogP contribution in [0.4, 0.5) is 24.5 Å². The molecule has 0 aromatic heterocycles. The third-order valence-electron chi connectivity index (χ3n) is 6.61. The van der Waals surface area contributed by atoms with Crippen LogP contribution in [0.15, 0.2) is 48.5 Å². The highest BCUT2D eigenvalue weighted by molar-refractivity contribution is 7.99. The lowest BCUT2D eigenvalue weighted by atomic mass is 9.79. The molecule has 2 amide bonds. The van der Waals surface area contributed by atoms with E-state index in [1.807, 2.05) is 31.2 Å². The molecular weight excluding hydrogens is 455 g/mol. The van der Waals surface area contributed by atoms with Gasteiger partial charge in [-0.1, -0.05) is 18.2 Å². The van der Waals surface area contributed by atoms with Crippen molar-refractivity contribution in [2.45, 2.75) is 31.3 Å². The van der Waals surface area contributed by atoms with Crippen molar-refractivity contribution < 1.29 is 27.5 Å². The summed E-state index contributed by atoms with van der Waals surface area (Å²) in [6, 6.07) is 12.7. The first-order chi connectivity index (χ1) is 15.8. The quantitative estimate of drug-likeness (QED) is 0.716. The van der Waals surface area contributed by atoms with Crippen LogP contribution < -0.4 is 15.0 Å². The number of halogens is 3. The third-order valence-corrected chi connectivity index (χ3v) is 7.69. The van der Waals surface area contributed by atoms with Crippen LogP contribution in [0.5, 0.6) is 5.75 Å². The van der Waals surface area contributed by atoms with Crippen LogP contribution in [0, 0.1) is 5.92 Å². The van der Waals surface area contributed by atoms with Gasteiger partial charge in [-0.15, -0.1) is 24.9 Å². The van der Waals surface area contributed by atoms with Gasteiger partial charge in [0.05, 0.1) is 5.92 Å². The summed E-state index contributed by atoms with van der Waals surface area (Å²) in [5.41, 5.74) is 0.937. The van der Waals surface area contributed by atoms with Crippen molar-refractivity contribution in [1.29, 1.82) is 0 Å². The largest absolute Gasteiger partial charge is 0.573 e. The first-order valence-corrected chi connectivity index (χ1v) is 11.8. The minimum Gasteiger partial charge on any atom is -0.406 e. The number of anilines is 2. The van der Waals surface area contributed by atoms with E-state index in [2.05, 4.69) is 15.0 Å². The Balaban J connectivity index is 1.48. The highest BCUT2D eigenvalue weighted by Crippen LogP contribution is 2.57. The summed E-state index contributed by atoms with van der Waals surface area (Å²) in [6.45, 7) is 2.41. The number of ether oxygens (including phenoxy) is 1. The highest BCUT2D eigenvalue weighted by atomic mass is 32.2. The average molecular weight is 478 g/mol. The summed E-state index contributed by atoms with van der Waals surface area (Å²) < 4.78 is 41.2. The summed E-state index contributed by atoms with van der Waals surface area (Å²) in [5.74, 6) is 0.102. The number of fused-ring (bicyclic) bond motifs is 4. The van der Waals surface area contributed by atoms with Crippen molar-refractivity contribution in [3.63, 3.8) is 0 Å². The average Bonchev–Trinajstić information content (AvgIpc) is 3.42. The number of nitrogens with zero attached hydrogens (tertiary/aromatic N) is 2. The number of amides is 2. The van der Waals surface area contributed by atoms with E-state index in [0.29, 0.717) is 24.5 Å². The zero-order valence-electron chi connectivity index (χ0n) is 17.8. The molecular formula is C23H22F3N3O3S. The van der Waals surface area contributed by atoms with Crippen molar-refractivity contribution in [2.24, 2.45) is 5.92 Å². The molecule has 1 spiro atoms. The van der Waals surface area contributed by atoms with Gasteiger partial charge in [-0.3, -0.25) is 14.5 Å². The molecule has 33 heavy (non-hydrogen) atoms. The minimum absolute atomic E-state index is 0.0923. The van der Waals surface area contributed by atoms with E-state index in [9.17, 15) is 22.8 Å². The molecule has 3 unspecified atom stereocenters. The first kappa shape index (κ1) is 22.1. The van der Waals surface area contributed by atoms with Gasteiger partial charge in [0.1, 0.15) is 11.3 Å². The summed E-state index contributed by atoms with van der Waals surface area (Å²) >= 11 is 1.75. The number of para-hydroxylation sites is 1. The summed E-state index contributed by atoms with van der Waals surface area (Å²) in [4.78, 5) is 31.3. The van der Waals surface area contributed by atoms with Crippen LogP contribution in [0.1, 0.15) is 18.9 Å². The van der Waals surface area contributed by atoms with Gasteiger partial charge in [0.2, 0.25) is 5.91 Å². The minimum atomic E-state index is -4.79. The van der Waals surface area contributed by atoms with Crippen LogP contribution >= 0.6 is 11.8 Å². The lowest BCUT2D eigenvalue weighted by Crippen LogP contribution is -2.55. The molecule has 10 heteroatoms. The predicted molar refractivity (Wildman–Crippen MR) is 119 cm³/mol. The van der Waals surface area contributed by atoms with Gasteiger partial charge in [0, 0.05) is 41.2 Å². The molecule has 5 rings (SSSR count). The second kappa shape index (κ2) is 7.95. The topological polar surface area (TPSA) is 61.9 Å². The Morgan fingerprint density at radius 2 is 1.94 bits per heavy atom. The Kier molecular flexibility index (Phi) is 5.32. The Labute approximate surface area is 193 Å². The summed E-state index contributed by atoms with van der Waals surface area (Å²) in [7, 11) is 0. The van der Waals surface area contributed by atoms with Crippen LogP contribution in [0.25, 0.3) is 0 Å². The lowest BCUT2D eigenvalue weighted by molar-refractivity contribution is -0.274. The van der Waals surface area contributed by atoms with Crippen molar-refractivity contribution >= 4 is 35.0 Å². The molecule has 2 saturated heterocycles. The van der Waals surface area contributed by atoms with Crippen LogP contribution in [-0.4, -0.2) is 47.3 Å². The fraction of sp³-hybridized carbons (Fsp3) is 0.391.